The smallest absolute Gasteiger partial charge is 0.441 e. The lowest BCUT2D eigenvalue weighted by Crippen LogP contribution is -2.34. The highest BCUT2D eigenvalue weighted by Gasteiger charge is 2.37. The Hall–Kier alpha value is -0.300. The number of alkyl halides is 3. The molecule has 0 saturated heterocycles. The van der Waals surface area contributed by atoms with Gasteiger partial charge in [-0.1, -0.05) is 53.4 Å². The number of allylic oxidation sites excluding steroid dienone is 1. The van der Waals surface area contributed by atoms with Gasteiger partial charge in [-0.05, 0) is 19.9 Å². The molecule has 0 N–H and O–H groups in total. The molecule has 0 bridgehead atoms. The zero-order valence-electron chi connectivity index (χ0n) is 9.91. The summed E-state index contributed by atoms with van der Waals surface area (Å²) in [5.74, 6) is -1.68. The van der Waals surface area contributed by atoms with Crippen molar-refractivity contribution in [2.24, 2.45) is 0 Å². The molecule has 0 aliphatic rings. The van der Waals surface area contributed by atoms with Gasteiger partial charge in [-0.3, -0.25) is 4.79 Å². The van der Waals surface area contributed by atoms with Gasteiger partial charge in [0, 0.05) is 6.92 Å². The topological polar surface area (TPSA) is 79.8 Å². The number of esters is 1. The second-order valence-corrected chi connectivity index (χ2v) is 10.6. The standard InChI is InChI=1S/C10H11Br3N2O3/c1-5(2)4-7(10(11,12)13)18-9(17)8(15-14)6(3)16/h4,7H,1-3H3. The second kappa shape index (κ2) is 7.33. The van der Waals surface area contributed by atoms with Gasteiger partial charge in [0.05, 0.1) is 0 Å². The highest BCUT2D eigenvalue weighted by molar-refractivity contribution is 9.39. The van der Waals surface area contributed by atoms with Gasteiger partial charge in [-0.2, -0.15) is 4.79 Å². The fraction of sp³-hybridized carbons (Fsp3) is 0.500. The number of ether oxygens (including phenoxy) is 1. The first-order valence-electron chi connectivity index (χ1n) is 4.75. The van der Waals surface area contributed by atoms with Crippen molar-refractivity contribution in [3.8, 4) is 0 Å². The van der Waals surface area contributed by atoms with Crippen molar-refractivity contribution in [2.45, 2.75) is 29.0 Å². The maximum atomic E-state index is 11.6. The molecule has 0 saturated carbocycles. The normalized spacial score (nSPS) is 12.1. The molecule has 0 radical (unpaired) electrons. The molecule has 5 nitrogen and oxygen atoms in total. The molecule has 100 valence electrons. The van der Waals surface area contributed by atoms with Gasteiger partial charge in [0.25, 0.3) is 0 Å². The van der Waals surface area contributed by atoms with Gasteiger partial charge in [0.2, 0.25) is 5.78 Å². The highest BCUT2D eigenvalue weighted by Crippen LogP contribution is 2.39. The van der Waals surface area contributed by atoms with Crippen LogP contribution in [-0.2, 0) is 14.3 Å². The van der Waals surface area contributed by atoms with Crippen LogP contribution in [0.3, 0.4) is 0 Å². The third-order valence-corrected chi connectivity index (χ3v) is 3.02. The van der Waals surface area contributed by atoms with Crippen molar-refractivity contribution in [3.05, 3.63) is 17.2 Å². The number of hydrogen-bond donors (Lipinski definition) is 0. The molecule has 0 amide bonds. The summed E-state index contributed by atoms with van der Waals surface area (Å²) < 4.78 is 4.19. The van der Waals surface area contributed by atoms with E-state index in [-0.39, 0.29) is 0 Å². The van der Waals surface area contributed by atoms with E-state index in [2.05, 4.69) is 52.6 Å². The second-order valence-electron chi connectivity index (χ2n) is 3.62. The lowest BCUT2D eigenvalue weighted by Gasteiger charge is -2.22. The van der Waals surface area contributed by atoms with Gasteiger partial charge < -0.3 is 10.3 Å². The van der Waals surface area contributed by atoms with Crippen LogP contribution in [0.15, 0.2) is 11.6 Å². The minimum absolute atomic E-state index is 0.654. The van der Waals surface area contributed by atoms with Crippen LogP contribution in [0.2, 0.25) is 0 Å². The Kier molecular flexibility index (Phi) is 7.21. The number of nitrogens with zero attached hydrogens (tertiary/aromatic N) is 2. The van der Waals surface area contributed by atoms with Crippen LogP contribution in [0.25, 0.3) is 5.53 Å². The van der Waals surface area contributed by atoms with Crippen LogP contribution in [-0.4, -0.2) is 30.5 Å². The van der Waals surface area contributed by atoms with Gasteiger partial charge in [-0.25, -0.2) is 4.79 Å². The Morgan fingerprint density at radius 1 is 1.28 bits per heavy atom. The lowest BCUT2D eigenvalue weighted by molar-refractivity contribution is -0.144. The van der Waals surface area contributed by atoms with Crippen molar-refractivity contribution in [1.29, 1.82) is 0 Å². The van der Waals surface area contributed by atoms with Gasteiger partial charge >= 0.3 is 11.7 Å². The van der Waals surface area contributed by atoms with Crippen molar-refractivity contribution in [1.82, 2.24) is 0 Å². The van der Waals surface area contributed by atoms with E-state index in [1.165, 1.54) is 0 Å². The summed E-state index contributed by atoms with van der Waals surface area (Å²) in [6.07, 6.45) is 0.914. The van der Waals surface area contributed by atoms with E-state index in [1.54, 1.807) is 6.08 Å². The van der Waals surface area contributed by atoms with E-state index < -0.39 is 25.7 Å². The van der Waals surface area contributed by atoms with Crippen LogP contribution < -0.4 is 0 Å². The van der Waals surface area contributed by atoms with Crippen LogP contribution in [0.4, 0.5) is 0 Å². The quantitative estimate of drug-likeness (QED) is 0.127. The maximum absolute atomic E-state index is 11.6. The number of ketones is 1. The summed E-state index contributed by atoms with van der Waals surface area (Å²) in [4.78, 5) is 25.3. The van der Waals surface area contributed by atoms with E-state index in [0.717, 1.165) is 12.5 Å². The number of Topliss-reactive ketones (excluding diaryl/α,β-unsaturated/α-hetero) is 1. The third-order valence-electron chi connectivity index (χ3n) is 1.67. The first kappa shape index (κ1) is 17.7. The van der Waals surface area contributed by atoms with E-state index in [9.17, 15) is 9.59 Å². The SMILES string of the molecule is CC(=O)C(=[N+]=[N-])C(=O)OC(C=C(C)C)C(Br)(Br)Br. The van der Waals surface area contributed by atoms with Crippen LogP contribution in [0.5, 0.6) is 0 Å². The highest BCUT2D eigenvalue weighted by atomic mass is 80.0. The third kappa shape index (κ3) is 6.04. The van der Waals surface area contributed by atoms with Crippen molar-refractivity contribution in [2.75, 3.05) is 0 Å². The molecule has 0 spiro atoms. The average Bonchev–Trinajstić information content (AvgIpc) is 2.14. The molecule has 0 aromatic carbocycles. The van der Waals surface area contributed by atoms with Crippen LogP contribution >= 0.6 is 47.8 Å². The molecule has 1 unspecified atom stereocenters. The molecule has 0 aliphatic carbocycles. The molecular weight excluding hydrogens is 436 g/mol. The predicted molar refractivity (Wildman–Crippen MR) is 78.1 cm³/mol. The summed E-state index contributed by atoms with van der Waals surface area (Å²) in [7, 11) is 0. The summed E-state index contributed by atoms with van der Waals surface area (Å²) in [5, 5.41) is 0. The molecule has 0 aliphatic heterocycles. The summed E-state index contributed by atoms with van der Waals surface area (Å²) in [6, 6.07) is 0. The number of halogens is 3. The Bertz CT molecular complexity index is 430. The molecule has 0 heterocycles. The molecule has 18 heavy (non-hydrogen) atoms. The van der Waals surface area contributed by atoms with Crippen molar-refractivity contribution in [3.63, 3.8) is 0 Å². The van der Waals surface area contributed by atoms with Crippen LogP contribution in [0.1, 0.15) is 20.8 Å². The number of carbonyl (C=O) groups is 2. The largest absolute Gasteiger partial charge is 0.446 e. The number of rotatable bonds is 4. The van der Waals surface area contributed by atoms with Crippen molar-refractivity contribution < 1.29 is 19.1 Å². The Labute approximate surface area is 130 Å². The Morgan fingerprint density at radius 2 is 1.78 bits per heavy atom. The van der Waals surface area contributed by atoms with E-state index in [0.29, 0.717) is 0 Å². The molecule has 0 fully saturated rings. The van der Waals surface area contributed by atoms with E-state index in [4.69, 9.17) is 10.3 Å². The average molecular weight is 447 g/mol. The molecule has 0 aromatic heterocycles. The summed E-state index contributed by atoms with van der Waals surface area (Å²) in [6.45, 7) is 4.76. The molecular formula is C10H11Br3N2O3. The summed E-state index contributed by atoms with van der Waals surface area (Å²) in [5.41, 5.74) is 8.83. The number of hydrogen-bond acceptors (Lipinski definition) is 3. The Morgan fingerprint density at radius 3 is 2.06 bits per heavy atom. The Balaban J connectivity index is 5.14. The maximum Gasteiger partial charge on any atom is 0.441 e. The zero-order valence-corrected chi connectivity index (χ0v) is 14.7. The predicted octanol–water partition coefficient (Wildman–Crippen LogP) is 2.96. The van der Waals surface area contributed by atoms with Crippen molar-refractivity contribution >= 4 is 65.3 Å². The monoisotopic (exact) mass is 444 g/mol. The molecule has 0 aromatic rings. The fourth-order valence-electron chi connectivity index (χ4n) is 0.924. The minimum atomic E-state index is -1.00. The zero-order chi connectivity index (χ0) is 14.5. The molecule has 1 atom stereocenters. The number of carbonyl (C=O) groups excluding carboxylic acids is 2. The van der Waals surface area contributed by atoms with Gasteiger partial charge in [0.1, 0.15) is 0 Å². The first-order valence-corrected chi connectivity index (χ1v) is 7.13. The van der Waals surface area contributed by atoms with Gasteiger partial charge in [0.15, 0.2) is 8.25 Å². The summed E-state index contributed by atoms with van der Waals surface area (Å²) >= 11 is 9.70. The minimum Gasteiger partial charge on any atom is -0.446 e. The van der Waals surface area contributed by atoms with Crippen LogP contribution in [0, 0.1) is 0 Å². The van der Waals surface area contributed by atoms with E-state index >= 15 is 0 Å². The lowest BCUT2D eigenvalue weighted by atomic mass is 10.2. The molecule has 0 rings (SSSR count). The van der Waals surface area contributed by atoms with Gasteiger partial charge in [-0.15, -0.1) is 0 Å². The first-order chi connectivity index (χ1) is 8.09. The molecule has 8 heteroatoms. The fourth-order valence-corrected chi connectivity index (χ4v) is 1.60. The van der Waals surface area contributed by atoms with E-state index in [1.807, 2.05) is 13.8 Å².